The van der Waals surface area contributed by atoms with E-state index in [0.717, 1.165) is 13.0 Å². The van der Waals surface area contributed by atoms with E-state index in [2.05, 4.69) is 0 Å². The standard InChI is InChI=1S/C29H32O14/c1-11-19(32)21(34)23(36)28(38-11)41-15-9-16(31)18-17(10-15)42-26(14-7-5-4-6-8-14)27(20(18)33)43-29-24(37)22(35)25(12(2)39-29)40-13(3)30/h4-12,19,21-25,28-29,31-32,34-37H,1-3H3/t11-,12-,19-,21+,22-,23+,24+,25-,28-,29-/m0/s1. The van der Waals surface area contributed by atoms with Crippen LogP contribution in [0, 0.1) is 0 Å². The molecule has 2 saturated heterocycles. The van der Waals surface area contributed by atoms with Crippen molar-refractivity contribution in [2.75, 3.05) is 0 Å². The molecule has 0 radical (unpaired) electrons. The minimum absolute atomic E-state index is 0.0971. The number of phenolic OH excluding ortho intramolecular Hbond substituents is 1. The van der Waals surface area contributed by atoms with E-state index >= 15 is 0 Å². The Labute approximate surface area is 244 Å². The van der Waals surface area contributed by atoms with Crippen molar-refractivity contribution in [2.24, 2.45) is 0 Å². The molecule has 3 heterocycles. The average molecular weight is 605 g/mol. The Kier molecular flexibility index (Phi) is 8.63. The van der Waals surface area contributed by atoms with Gasteiger partial charge in [-0.3, -0.25) is 9.59 Å². The molecule has 0 spiro atoms. The Morgan fingerprint density at radius 2 is 1.44 bits per heavy atom. The predicted molar refractivity (Wildman–Crippen MR) is 145 cm³/mol. The summed E-state index contributed by atoms with van der Waals surface area (Å²) in [7, 11) is 0. The second-order valence-electron chi connectivity index (χ2n) is 10.5. The minimum atomic E-state index is -1.75. The number of aromatic hydroxyl groups is 1. The second-order valence-corrected chi connectivity index (χ2v) is 10.5. The molecule has 0 amide bonds. The van der Waals surface area contributed by atoms with Gasteiger partial charge in [0.05, 0.1) is 12.2 Å². The molecule has 2 aromatic carbocycles. The topological polar surface area (TPSA) is 215 Å². The summed E-state index contributed by atoms with van der Waals surface area (Å²) < 4.78 is 33.7. The maximum atomic E-state index is 13.8. The van der Waals surface area contributed by atoms with Crippen LogP contribution in [0.5, 0.6) is 17.2 Å². The molecular weight excluding hydrogens is 572 g/mol. The van der Waals surface area contributed by atoms with Crippen LogP contribution in [0.2, 0.25) is 0 Å². The lowest BCUT2D eigenvalue weighted by Gasteiger charge is -2.40. The van der Waals surface area contributed by atoms with Gasteiger partial charge in [0.1, 0.15) is 53.0 Å². The molecule has 14 nitrogen and oxygen atoms in total. The number of aliphatic hydroxyl groups excluding tert-OH is 5. The molecule has 0 bridgehead atoms. The summed E-state index contributed by atoms with van der Waals surface area (Å²) in [6, 6.07) is 10.6. The normalized spacial score (nSPS) is 32.7. The van der Waals surface area contributed by atoms with Crippen LogP contribution in [0.3, 0.4) is 0 Å². The first-order chi connectivity index (χ1) is 20.4. The number of carbonyl (C=O) groups excluding carboxylic acids is 1. The van der Waals surface area contributed by atoms with Crippen molar-refractivity contribution < 1.29 is 63.5 Å². The van der Waals surface area contributed by atoms with Crippen molar-refractivity contribution in [3.63, 3.8) is 0 Å². The molecule has 2 aliphatic heterocycles. The van der Waals surface area contributed by atoms with Crippen LogP contribution in [-0.2, 0) is 19.0 Å². The largest absolute Gasteiger partial charge is 0.507 e. The van der Waals surface area contributed by atoms with Crippen LogP contribution >= 0.6 is 0 Å². The Hall–Kier alpha value is -3.76. The van der Waals surface area contributed by atoms with Crippen molar-refractivity contribution in [2.45, 2.75) is 82.2 Å². The number of aliphatic hydroxyl groups is 5. The average Bonchev–Trinajstić information content (AvgIpc) is 2.96. The maximum absolute atomic E-state index is 13.8. The number of esters is 1. The van der Waals surface area contributed by atoms with Crippen LogP contribution in [0.25, 0.3) is 22.3 Å². The molecule has 14 heteroatoms. The molecule has 43 heavy (non-hydrogen) atoms. The lowest BCUT2D eigenvalue weighted by atomic mass is 9.99. The molecule has 5 rings (SSSR count). The zero-order chi connectivity index (χ0) is 31.2. The van der Waals surface area contributed by atoms with Gasteiger partial charge in [-0.1, -0.05) is 30.3 Å². The Morgan fingerprint density at radius 3 is 2.12 bits per heavy atom. The SMILES string of the molecule is CC(=O)O[C@@H]1[C@@H](O)[C@@H](O)[C@H](Oc2c(-c3ccccc3)oc3cc(O[C@@H]4O[C@@H](C)[C@H](O)[C@@H](O)[C@H]4O)cc(O)c3c2=O)O[C@H]1C. The molecule has 0 unspecified atom stereocenters. The number of hydrogen-bond donors (Lipinski definition) is 6. The van der Waals surface area contributed by atoms with E-state index in [1.165, 1.54) is 19.9 Å². The lowest BCUT2D eigenvalue weighted by Crippen LogP contribution is -2.59. The van der Waals surface area contributed by atoms with Gasteiger partial charge in [-0.15, -0.1) is 0 Å². The van der Waals surface area contributed by atoms with Gasteiger partial charge in [-0.25, -0.2) is 0 Å². The van der Waals surface area contributed by atoms with Gasteiger partial charge in [0.25, 0.3) is 0 Å². The third-order valence-electron chi connectivity index (χ3n) is 7.32. The Bertz CT molecular complexity index is 1520. The number of benzene rings is 2. The number of fused-ring (bicyclic) bond motifs is 1. The number of hydrogen-bond acceptors (Lipinski definition) is 14. The van der Waals surface area contributed by atoms with Gasteiger partial charge < -0.3 is 58.7 Å². The zero-order valence-corrected chi connectivity index (χ0v) is 23.3. The van der Waals surface area contributed by atoms with Gasteiger partial charge in [-0.05, 0) is 13.8 Å². The molecular formula is C29H32O14. The number of rotatable bonds is 6. The van der Waals surface area contributed by atoms with Crippen molar-refractivity contribution >= 4 is 16.9 Å². The molecule has 10 atom stereocenters. The molecule has 0 aliphatic carbocycles. The van der Waals surface area contributed by atoms with E-state index in [4.69, 9.17) is 28.1 Å². The van der Waals surface area contributed by atoms with Crippen LogP contribution in [0.4, 0.5) is 0 Å². The molecule has 6 N–H and O–H groups in total. The molecule has 232 valence electrons. The first-order valence-corrected chi connectivity index (χ1v) is 13.5. The van der Waals surface area contributed by atoms with Crippen LogP contribution in [0.15, 0.2) is 51.7 Å². The highest BCUT2D eigenvalue weighted by Crippen LogP contribution is 2.38. The van der Waals surface area contributed by atoms with E-state index in [0.29, 0.717) is 5.56 Å². The summed E-state index contributed by atoms with van der Waals surface area (Å²) in [5.41, 5.74) is -0.639. The lowest BCUT2D eigenvalue weighted by molar-refractivity contribution is -0.272. The highest BCUT2D eigenvalue weighted by molar-refractivity contribution is 5.88. The summed E-state index contributed by atoms with van der Waals surface area (Å²) in [5.74, 6) is -1.96. The second kappa shape index (κ2) is 12.1. The van der Waals surface area contributed by atoms with Gasteiger partial charge in [0, 0.05) is 24.6 Å². The third-order valence-corrected chi connectivity index (χ3v) is 7.32. The molecule has 0 saturated carbocycles. The summed E-state index contributed by atoms with van der Waals surface area (Å²) in [6.07, 6.45) is -14.0. The summed E-state index contributed by atoms with van der Waals surface area (Å²) in [6.45, 7) is 4.10. The van der Waals surface area contributed by atoms with Gasteiger partial charge in [0.2, 0.25) is 23.8 Å². The van der Waals surface area contributed by atoms with E-state index in [9.17, 15) is 40.2 Å². The first kappa shape index (κ1) is 30.7. The Balaban J connectivity index is 1.54. The predicted octanol–water partition coefficient (Wildman–Crippen LogP) is 0.149. The van der Waals surface area contributed by atoms with Crippen molar-refractivity contribution in [3.05, 3.63) is 52.7 Å². The van der Waals surface area contributed by atoms with E-state index < -0.39 is 84.3 Å². The van der Waals surface area contributed by atoms with Crippen LogP contribution in [-0.4, -0.2) is 98.0 Å². The Morgan fingerprint density at radius 1 is 0.814 bits per heavy atom. The fourth-order valence-corrected chi connectivity index (χ4v) is 5.03. The summed E-state index contributed by atoms with van der Waals surface area (Å²) >= 11 is 0. The number of carbonyl (C=O) groups is 1. The molecule has 2 fully saturated rings. The van der Waals surface area contributed by atoms with E-state index in [1.807, 2.05) is 0 Å². The zero-order valence-electron chi connectivity index (χ0n) is 23.3. The smallest absolute Gasteiger partial charge is 0.303 e. The number of phenols is 1. The highest BCUT2D eigenvalue weighted by Gasteiger charge is 2.47. The quantitative estimate of drug-likeness (QED) is 0.207. The van der Waals surface area contributed by atoms with Crippen LogP contribution < -0.4 is 14.9 Å². The van der Waals surface area contributed by atoms with Gasteiger partial charge >= 0.3 is 5.97 Å². The number of ether oxygens (including phenoxy) is 5. The molecule has 3 aromatic rings. The first-order valence-electron chi connectivity index (χ1n) is 13.5. The van der Waals surface area contributed by atoms with Crippen LogP contribution in [0.1, 0.15) is 20.8 Å². The summed E-state index contributed by atoms with van der Waals surface area (Å²) in [5, 5.41) is 62.3. The molecule has 2 aliphatic rings. The minimum Gasteiger partial charge on any atom is -0.507 e. The third kappa shape index (κ3) is 5.90. The fourth-order valence-electron chi connectivity index (χ4n) is 5.03. The summed E-state index contributed by atoms with van der Waals surface area (Å²) in [4.78, 5) is 25.2. The highest BCUT2D eigenvalue weighted by atomic mass is 16.7. The van der Waals surface area contributed by atoms with Gasteiger partial charge in [0.15, 0.2) is 11.9 Å². The van der Waals surface area contributed by atoms with E-state index in [-0.39, 0.29) is 22.5 Å². The van der Waals surface area contributed by atoms with Crippen molar-refractivity contribution in [1.29, 1.82) is 0 Å². The monoisotopic (exact) mass is 604 g/mol. The van der Waals surface area contributed by atoms with Gasteiger partial charge in [-0.2, -0.15) is 0 Å². The van der Waals surface area contributed by atoms with Crippen molar-refractivity contribution in [3.8, 4) is 28.6 Å². The van der Waals surface area contributed by atoms with Crippen molar-refractivity contribution in [1.82, 2.24) is 0 Å². The molecule has 1 aromatic heterocycles. The maximum Gasteiger partial charge on any atom is 0.303 e. The fraction of sp³-hybridized carbons (Fsp3) is 0.448. The van der Waals surface area contributed by atoms with E-state index in [1.54, 1.807) is 30.3 Å².